The SMILES string of the molecule is Cc1cc2nc(C)c(=O)n(CC(=O)NCCN3CCCC[C@H]3C)c2cc1C. The summed E-state index contributed by atoms with van der Waals surface area (Å²) in [6, 6.07) is 4.50. The van der Waals surface area contributed by atoms with Gasteiger partial charge in [-0.05, 0) is 70.3 Å². The van der Waals surface area contributed by atoms with E-state index in [1.165, 1.54) is 19.3 Å². The Bertz CT molecular complexity index is 903. The second-order valence-corrected chi connectivity index (χ2v) is 7.74. The highest BCUT2D eigenvalue weighted by molar-refractivity contribution is 5.81. The molecule has 1 saturated heterocycles. The molecule has 6 nitrogen and oxygen atoms in total. The molecule has 6 heteroatoms. The summed E-state index contributed by atoms with van der Waals surface area (Å²) in [5, 5.41) is 2.98. The van der Waals surface area contributed by atoms with Gasteiger partial charge in [0.2, 0.25) is 5.91 Å². The van der Waals surface area contributed by atoms with Crippen LogP contribution in [0, 0.1) is 20.8 Å². The van der Waals surface area contributed by atoms with Gasteiger partial charge in [0.15, 0.2) is 0 Å². The fraction of sp³-hybridized carbons (Fsp3) is 0.571. The summed E-state index contributed by atoms with van der Waals surface area (Å²) in [7, 11) is 0. The molecule has 1 amide bonds. The van der Waals surface area contributed by atoms with Gasteiger partial charge in [0, 0.05) is 19.1 Å². The van der Waals surface area contributed by atoms with Crippen LogP contribution in [0.1, 0.15) is 43.0 Å². The third kappa shape index (κ3) is 4.38. The second kappa shape index (κ2) is 8.21. The summed E-state index contributed by atoms with van der Waals surface area (Å²) in [6.45, 7) is 10.6. The van der Waals surface area contributed by atoms with E-state index in [2.05, 4.69) is 22.1 Å². The standard InChI is InChI=1S/C21H30N4O2/c1-14-11-18-19(12-15(14)2)25(21(27)17(4)23-18)13-20(26)22-8-10-24-9-6-5-7-16(24)3/h11-12,16H,5-10,13H2,1-4H3,(H,22,26)/t16-/m1/s1. The number of nitrogens with one attached hydrogen (secondary N) is 1. The number of carbonyl (C=O) groups excluding carboxylic acids is 1. The van der Waals surface area contributed by atoms with Crippen molar-refractivity contribution in [1.82, 2.24) is 19.8 Å². The molecule has 1 atom stereocenters. The van der Waals surface area contributed by atoms with Crippen LogP contribution < -0.4 is 10.9 Å². The van der Waals surface area contributed by atoms with E-state index in [0.717, 1.165) is 29.7 Å². The number of benzene rings is 1. The lowest BCUT2D eigenvalue weighted by Gasteiger charge is -2.33. The van der Waals surface area contributed by atoms with Crippen LogP contribution in [0.2, 0.25) is 0 Å². The Morgan fingerprint density at radius 3 is 2.70 bits per heavy atom. The summed E-state index contributed by atoms with van der Waals surface area (Å²) in [4.78, 5) is 31.9. The van der Waals surface area contributed by atoms with Crippen molar-refractivity contribution in [2.45, 2.75) is 59.5 Å². The zero-order valence-electron chi connectivity index (χ0n) is 16.8. The zero-order valence-corrected chi connectivity index (χ0v) is 16.8. The maximum absolute atomic E-state index is 12.6. The minimum atomic E-state index is -0.203. The van der Waals surface area contributed by atoms with Crippen molar-refractivity contribution in [3.8, 4) is 0 Å². The van der Waals surface area contributed by atoms with Gasteiger partial charge in [-0.2, -0.15) is 0 Å². The Morgan fingerprint density at radius 2 is 1.96 bits per heavy atom. The number of hydrogen-bond acceptors (Lipinski definition) is 4. The molecule has 146 valence electrons. The predicted molar refractivity (Wildman–Crippen MR) is 108 cm³/mol. The van der Waals surface area contributed by atoms with E-state index in [-0.39, 0.29) is 18.0 Å². The largest absolute Gasteiger partial charge is 0.353 e. The Balaban J connectivity index is 1.71. The summed E-state index contributed by atoms with van der Waals surface area (Å²) in [6.07, 6.45) is 3.75. The molecule has 0 spiro atoms. The van der Waals surface area contributed by atoms with Gasteiger partial charge >= 0.3 is 0 Å². The second-order valence-electron chi connectivity index (χ2n) is 7.74. The number of nitrogens with zero attached hydrogens (tertiary/aromatic N) is 3. The first kappa shape index (κ1) is 19.5. The van der Waals surface area contributed by atoms with Crippen LogP contribution in [0.15, 0.2) is 16.9 Å². The first-order valence-corrected chi connectivity index (χ1v) is 9.86. The van der Waals surface area contributed by atoms with Gasteiger partial charge in [-0.15, -0.1) is 0 Å². The van der Waals surface area contributed by atoms with Gasteiger partial charge in [0.25, 0.3) is 5.56 Å². The van der Waals surface area contributed by atoms with E-state index in [0.29, 0.717) is 23.8 Å². The molecular weight excluding hydrogens is 340 g/mol. The number of aromatic nitrogens is 2. The number of amides is 1. The molecule has 0 aliphatic carbocycles. The van der Waals surface area contributed by atoms with Gasteiger partial charge in [-0.25, -0.2) is 4.98 Å². The lowest BCUT2D eigenvalue weighted by molar-refractivity contribution is -0.121. The Morgan fingerprint density at radius 1 is 1.22 bits per heavy atom. The van der Waals surface area contributed by atoms with Crippen LogP contribution in [0.3, 0.4) is 0 Å². The van der Waals surface area contributed by atoms with Crippen LogP contribution in [0.4, 0.5) is 0 Å². The molecule has 1 fully saturated rings. The molecule has 0 radical (unpaired) electrons. The Labute approximate surface area is 160 Å². The quantitative estimate of drug-likeness (QED) is 0.877. The molecule has 2 aromatic rings. The van der Waals surface area contributed by atoms with Crippen molar-refractivity contribution in [1.29, 1.82) is 0 Å². The highest BCUT2D eigenvalue weighted by atomic mass is 16.2. The van der Waals surface area contributed by atoms with Gasteiger partial charge in [-0.3, -0.25) is 19.1 Å². The van der Waals surface area contributed by atoms with Crippen molar-refractivity contribution in [2.75, 3.05) is 19.6 Å². The van der Waals surface area contributed by atoms with Gasteiger partial charge in [0.1, 0.15) is 12.2 Å². The van der Waals surface area contributed by atoms with E-state index in [4.69, 9.17) is 0 Å². The number of rotatable bonds is 5. The van der Waals surface area contributed by atoms with Crippen molar-refractivity contribution < 1.29 is 4.79 Å². The minimum Gasteiger partial charge on any atom is -0.353 e. The molecule has 0 saturated carbocycles. The first-order chi connectivity index (χ1) is 12.9. The highest BCUT2D eigenvalue weighted by Gasteiger charge is 2.18. The van der Waals surface area contributed by atoms with Crippen LogP contribution in [0.25, 0.3) is 11.0 Å². The fourth-order valence-corrected chi connectivity index (χ4v) is 3.81. The number of hydrogen-bond donors (Lipinski definition) is 1. The smallest absolute Gasteiger partial charge is 0.272 e. The molecule has 1 aliphatic heterocycles. The highest BCUT2D eigenvalue weighted by Crippen LogP contribution is 2.17. The fourth-order valence-electron chi connectivity index (χ4n) is 3.81. The van der Waals surface area contributed by atoms with Crippen LogP contribution in [0.5, 0.6) is 0 Å². The number of fused-ring (bicyclic) bond motifs is 1. The molecular formula is C21H30N4O2. The van der Waals surface area contributed by atoms with Gasteiger partial charge in [0.05, 0.1) is 11.0 Å². The third-order valence-corrected chi connectivity index (χ3v) is 5.69. The molecule has 0 bridgehead atoms. The molecule has 1 N–H and O–H groups in total. The maximum atomic E-state index is 12.6. The third-order valence-electron chi connectivity index (χ3n) is 5.69. The minimum absolute atomic E-state index is 0.0246. The number of carbonyl (C=O) groups is 1. The average Bonchev–Trinajstić information content (AvgIpc) is 2.62. The Hall–Kier alpha value is -2.21. The Kier molecular flexibility index (Phi) is 5.95. The number of aryl methyl sites for hydroxylation is 3. The first-order valence-electron chi connectivity index (χ1n) is 9.86. The monoisotopic (exact) mass is 370 g/mol. The van der Waals surface area contributed by atoms with Gasteiger partial charge in [-0.1, -0.05) is 6.42 Å². The summed E-state index contributed by atoms with van der Waals surface area (Å²) < 4.78 is 1.54. The molecule has 27 heavy (non-hydrogen) atoms. The van der Waals surface area contributed by atoms with E-state index in [1.54, 1.807) is 11.5 Å². The number of piperidine rings is 1. The summed E-state index contributed by atoms with van der Waals surface area (Å²) in [5.74, 6) is -0.133. The van der Waals surface area contributed by atoms with E-state index in [1.807, 2.05) is 26.0 Å². The molecule has 1 aromatic carbocycles. The van der Waals surface area contributed by atoms with E-state index < -0.39 is 0 Å². The van der Waals surface area contributed by atoms with Crippen molar-refractivity contribution >= 4 is 16.9 Å². The topological polar surface area (TPSA) is 67.2 Å². The normalized spacial score (nSPS) is 18.0. The van der Waals surface area contributed by atoms with Crippen LogP contribution in [-0.2, 0) is 11.3 Å². The predicted octanol–water partition coefficient (Wildman–Crippen LogP) is 2.31. The molecule has 1 aromatic heterocycles. The molecule has 3 rings (SSSR count). The lowest BCUT2D eigenvalue weighted by Crippen LogP contribution is -2.43. The average molecular weight is 370 g/mol. The molecule has 1 aliphatic rings. The van der Waals surface area contributed by atoms with Crippen LogP contribution in [-0.4, -0.2) is 46.0 Å². The molecule has 2 heterocycles. The molecule has 0 unspecified atom stereocenters. The maximum Gasteiger partial charge on any atom is 0.272 e. The van der Waals surface area contributed by atoms with Gasteiger partial charge < -0.3 is 5.32 Å². The summed E-state index contributed by atoms with van der Waals surface area (Å²) in [5.41, 5.74) is 3.89. The van der Waals surface area contributed by atoms with E-state index >= 15 is 0 Å². The van der Waals surface area contributed by atoms with Crippen LogP contribution >= 0.6 is 0 Å². The van der Waals surface area contributed by atoms with Crippen molar-refractivity contribution in [2.24, 2.45) is 0 Å². The van der Waals surface area contributed by atoms with Crippen molar-refractivity contribution in [3.63, 3.8) is 0 Å². The number of likely N-dealkylation sites (tertiary alicyclic amines) is 1. The van der Waals surface area contributed by atoms with Crippen molar-refractivity contribution in [3.05, 3.63) is 39.3 Å². The summed E-state index contributed by atoms with van der Waals surface area (Å²) >= 11 is 0. The lowest BCUT2D eigenvalue weighted by atomic mass is 10.0. The zero-order chi connectivity index (χ0) is 19.6. The van der Waals surface area contributed by atoms with E-state index in [9.17, 15) is 9.59 Å².